The van der Waals surface area contributed by atoms with Crippen LogP contribution >= 0.6 is 11.3 Å². The number of nitrogens with one attached hydrogen (secondary N) is 2. The number of alkyl carbamates (subject to hydrolysis) is 1. The highest BCUT2D eigenvalue weighted by atomic mass is 32.1. The monoisotopic (exact) mass is 441 g/mol. The summed E-state index contributed by atoms with van der Waals surface area (Å²) in [7, 11) is 1.21. The molecule has 1 unspecified atom stereocenters. The Hall–Kier alpha value is -3.46. The molecule has 2 heterocycles. The van der Waals surface area contributed by atoms with Crippen LogP contribution in [0.4, 0.5) is 4.79 Å². The molecule has 31 heavy (non-hydrogen) atoms. The second kappa shape index (κ2) is 10.0. The molecule has 0 saturated carbocycles. The van der Waals surface area contributed by atoms with Crippen LogP contribution in [0.1, 0.15) is 26.4 Å². The van der Waals surface area contributed by atoms with E-state index in [0.717, 1.165) is 26.9 Å². The molecule has 0 aliphatic heterocycles. The molecule has 8 nitrogen and oxygen atoms in total. The van der Waals surface area contributed by atoms with E-state index in [9.17, 15) is 14.4 Å². The number of hydrogen-bond donors (Lipinski definition) is 2. The van der Waals surface area contributed by atoms with Crippen molar-refractivity contribution in [2.75, 3.05) is 13.7 Å². The van der Waals surface area contributed by atoms with Gasteiger partial charge in [0, 0.05) is 12.7 Å². The summed E-state index contributed by atoms with van der Waals surface area (Å²) in [6.45, 7) is 3.85. The van der Waals surface area contributed by atoms with Gasteiger partial charge in [-0.15, -0.1) is 11.3 Å². The third kappa shape index (κ3) is 5.58. The van der Waals surface area contributed by atoms with Crippen LogP contribution in [0.5, 0.6) is 0 Å². The van der Waals surface area contributed by atoms with E-state index in [2.05, 4.69) is 15.6 Å². The highest BCUT2D eigenvalue weighted by molar-refractivity contribution is 7.21. The third-order valence-corrected chi connectivity index (χ3v) is 5.97. The Morgan fingerprint density at radius 3 is 2.61 bits per heavy atom. The molecule has 2 amide bonds. The Kier molecular flexibility index (Phi) is 7.19. The predicted molar refractivity (Wildman–Crippen MR) is 117 cm³/mol. The first-order chi connectivity index (χ1) is 14.9. The van der Waals surface area contributed by atoms with E-state index in [1.807, 2.05) is 44.2 Å². The lowest BCUT2D eigenvalue weighted by atomic mass is 10.2. The summed E-state index contributed by atoms with van der Waals surface area (Å²) in [6, 6.07) is 9.76. The number of rotatable bonds is 7. The number of aryl methyl sites for hydroxylation is 2. The van der Waals surface area contributed by atoms with Crippen LogP contribution in [-0.2, 0) is 20.9 Å². The van der Waals surface area contributed by atoms with Gasteiger partial charge in [-0.05, 0) is 36.6 Å². The molecule has 162 valence electrons. The number of carbonyl (C=O) groups excluding carboxylic acids is 3. The molecule has 0 aliphatic carbocycles. The highest BCUT2D eigenvalue weighted by Crippen LogP contribution is 2.28. The normalized spacial score (nSPS) is 11.6. The molecule has 0 bridgehead atoms. The second-order valence-corrected chi connectivity index (χ2v) is 7.94. The zero-order chi connectivity index (χ0) is 22.4. The molecule has 0 spiro atoms. The van der Waals surface area contributed by atoms with Crippen molar-refractivity contribution in [3.05, 3.63) is 64.2 Å². The Morgan fingerprint density at radius 1 is 1.16 bits per heavy atom. The summed E-state index contributed by atoms with van der Waals surface area (Å²) in [5, 5.41) is 5.09. The minimum Gasteiger partial charge on any atom is -0.467 e. The molecule has 9 heteroatoms. The maximum absolute atomic E-state index is 12.6. The SMILES string of the molecule is COC(=O)C(CNC(=O)c1cc2ncc(C)c(C)c2s1)NC(=O)OCc1ccccc1. The van der Waals surface area contributed by atoms with Crippen molar-refractivity contribution < 1.29 is 23.9 Å². The fourth-order valence-corrected chi connectivity index (χ4v) is 3.91. The van der Waals surface area contributed by atoms with Gasteiger partial charge in [-0.25, -0.2) is 9.59 Å². The lowest BCUT2D eigenvalue weighted by molar-refractivity contribution is -0.142. The molecular weight excluding hydrogens is 418 g/mol. The Bertz CT molecular complexity index is 1100. The number of aromatic nitrogens is 1. The zero-order valence-electron chi connectivity index (χ0n) is 17.4. The van der Waals surface area contributed by atoms with Gasteiger partial charge in [0.2, 0.25) is 0 Å². The second-order valence-electron chi connectivity index (χ2n) is 6.88. The van der Waals surface area contributed by atoms with Gasteiger partial charge in [-0.1, -0.05) is 30.3 Å². The smallest absolute Gasteiger partial charge is 0.408 e. The van der Waals surface area contributed by atoms with E-state index in [1.165, 1.54) is 18.4 Å². The van der Waals surface area contributed by atoms with E-state index in [1.54, 1.807) is 12.3 Å². The maximum Gasteiger partial charge on any atom is 0.408 e. The van der Waals surface area contributed by atoms with E-state index < -0.39 is 18.1 Å². The summed E-state index contributed by atoms with van der Waals surface area (Å²) < 4.78 is 10.8. The van der Waals surface area contributed by atoms with Gasteiger partial charge >= 0.3 is 12.1 Å². The molecule has 3 aromatic rings. The summed E-state index contributed by atoms with van der Waals surface area (Å²) in [5.74, 6) is -1.06. The lowest BCUT2D eigenvalue weighted by Gasteiger charge is -2.17. The van der Waals surface area contributed by atoms with Crippen LogP contribution < -0.4 is 10.6 Å². The van der Waals surface area contributed by atoms with Crippen molar-refractivity contribution in [3.8, 4) is 0 Å². The fourth-order valence-electron chi connectivity index (χ4n) is 2.82. The number of fused-ring (bicyclic) bond motifs is 1. The highest BCUT2D eigenvalue weighted by Gasteiger charge is 2.24. The standard InChI is InChI=1S/C22H23N3O5S/c1-13-10-23-16-9-18(31-19(16)14(13)2)20(26)24-11-17(21(27)29-3)25-22(28)30-12-15-7-5-4-6-8-15/h4-10,17H,11-12H2,1-3H3,(H,24,26)(H,25,28). The van der Waals surface area contributed by atoms with Crippen molar-refractivity contribution in [3.63, 3.8) is 0 Å². The van der Waals surface area contributed by atoms with Crippen molar-refractivity contribution in [2.24, 2.45) is 0 Å². The number of ether oxygens (including phenoxy) is 2. The molecule has 0 aliphatic rings. The summed E-state index contributed by atoms with van der Waals surface area (Å²) in [4.78, 5) is 41.5. The quantitative estimate of drug-likeness (QED) is 0.546. The summed E-state index contributed by atoms with van der Waals surface area (Å²) >= 11 is 1.33. The summed E-state index contributed by atoms with van der Waals surface area (Å²) in [6.07, 6.45) is 0.982. The van der Waals surface area contributed by atoms with Crippen LogP contribution in [0.15, 0.2) is 42.6 Å². The van der Waals surface area contributed by atoms with E-state index in [-0.39, 0.29) is 19.1 Å². The molecule has 1 aromatic carbocycles. The number of carbonyl (C=O) groups is 3. The first-order valence-corrected chi connectivity index (χ1v) is 10.4. The predicted octanol–water partition coefficient (Wildman–Crippen LogP) is 3.11. The minimum absolute atomic E-state index is 0.0560. The molecule has 2 aromatic heterocycles. The van der Waals surface area contributed by atoms with Crippen molar-refractivity contribution in [1.29, 1.82) is 0 Å². The number of hydrogen-bond acceptors (Lipinski definition) is 7. The molecule has 0 saturated heterocycles. The van der Waals surface area contributed by atoms with Gasteiger partial charge < -0.3 is 20.1 Å². The Labute approximate surface area is 183 Å². The summed E-state index contributed by atoms with van der Waals surface area (Å²) in [5.41, 5.74) is 3.67. The number of methoxy groups -OCH3 is 1. The molecule has 3 rings (SSSR count). The molecule has 1 atom stereocenters. The number of thiophene rings is 1. The van der Waals surface area contributed by atoms with Gasteiger partial charge in [-0.3, -0.25) is 9.78 Å². The van der Waals surface area contributed by atoms with E-state index in [4.69, 9.17) is 9.47 Å². The minimum atomic E-state index is -1.09. The first kappa shape index (κ1) is 22.2. The number of pyridine rings is 1. The average molecular weight is 442 g/mol. The van der Waals surface area contributed by atoms with E-state index >= 15 is 0 Å². The topological polar surface area (TPSA) is 107 Å². The first-order valence-electron chi connectivity index (χ1n) is 9.58. The average Bonchev–Trinajstić information content (AvgIpc) is 3.23. The van der Waals surface area contributed by atoms with Gasteiger partial charge in [0.25, 0.3) is 5.91 Å². The zero-order valence-corrected chi connectivity index (χ0v) is 18.2. The van der Waals surface area contributed by atoms with Crippen LogP contribution in [-0.4, -0.2) is 42.7 Å². The number of benzene rings is 1. The number of nitrogens with zero attached hydrogens (tertiary/aromatic N) is 1. The Morgan fingerprint density at radius 2 is 1.90 bits per heavy atom. The Balaban J connectivity index is 1.60. The number of esters is 1. The lowest BCUT2D eigenvalue weighted by Crippen LogP contribution is -2.49. The molecule has 2 N–H and O–H groups in total. The van der Waals surface area contributed by atoms with Gasteiger partial charge in [0.15, 0.2) is 0 Å². The van der Waals surface area contributed by atoms with E-state index in [0.29, 0.717) is 4.88 Å². The van der Waals surface area contributed by atoms with Crippen LogP contribution in [0, 0.1) is 13.8 Å². The van der Waals surface area contributed by atoms with Crippen LogP contribution in [0.3, 0.4) is 0 Å². The maximum atomic E-state index is 12.6. The third-order valence-electron chi connectivity index (χ3n) is 4.72. The van der Waals surface area contributed by atoms with Gasteiger partial charge in [0.1, 0.15) is 12.6 Å². The van der Waals surface area contributed by atoms with Crippen molar-refractivity contribution in [1.82, 2.24) is 15.6 Å². The van der Waals surface area contributed by atoms with Crippen molar-refractivity contribution in [2.45, 2.75) is 26.5 Å². The fraction of sp³-hybridized carbons (Fsp3) is 0.273. The number of amides is 2. The molecule has 0 radical (unpaired) electrons. The van der Waals surface area contributed by atoms with Crippen LogP contribution in [0.2, 0.25) is 0 Å². The largest absolute Gasteiger partial charge is 0.467 e. The van der Waals surface area contributed by atoms with Gasteiger partial charge in [-0.2, -0.15) is 0 Å². The van der Waals surface area contributed by atoms with Gasteiger partial charge in [0.05, 0.1) is 22.2 Å². The van der Waals surface area contributed by atoms with Crippen LogP contribution in [0.25, 0.3) is 10.2 Å². The van der Waals surface area contributed by atoms with Crippen molar-refractivity contribution >= 4 is 39.5 Å². The molecular formula is C22H23N3O5S. The molecule has 0 fully saturated rings.